The Morgan fingerprint density at radius 2 is 1.97 bits per heavy atom. The number of nitrogens with zero attached hydrogens (tertiary/aromatic N) is 2. The number of amides is 2. The first-order valence-electron chi connectivity index (χ1n) is 10.4. The molecule has 1 aliphatic rings. The Bertz CT molecular complexity index is 1210. The summed E-state index contributed by atoms with van der Waals surface area (Å²) in [6.45, 7) is 2.00. The summed E-state index contributed by atoms with van der Waals surface area (Å²) in [7, 11) is 4.90. The lowest BCUT2D eigenvalue weighted by Crippen LogP contribution is -2.35. The summed E-state index contributed by atoms with van der Waals surface area (Å²) in [5.74, 6) is 1.74. The van der Waals surface area contributed by atoms with Crippen LogP contribution in [0.3, 0.4) is 0 Å². The normalized spacial score (nSPS) is 12.7. The minimum atomic E-state index is -0.116. The maximum absolute atomic E-state index is 12.5. The molecule has 1 N–H and O–H groups in total. The summed E-state index contributed by atoms with van der Waals surface area (Å²) < 4.78 is 16.1. The molecule has 0 bridgehead atoms. The van der Waals surface area contributed by atoms with E-state index in [0.29, 0.717) is 40.9 Å². The molecule has 0 saturated heterocycles. The van der Waals surface area contributed by atoms with Gasteiger partial charge < -0.3 is 24.4 Å². The molecular weight excluding hydrogens is 442 g/mol. The van der Waals surface area contributed by atoms with Gasteiger partial charge in [-0.3, -0.25) is 9.59 Å². The van der Waals surface area contributed by atoms with Gasteiger partial charge in [-0.1, -0.05) is 6.07 Å². The highest BCUT2D eigenvalue weighted by Gasteiger charge is 2.23. The number of aryl methyl sites for hydroxylation is 2. The van der Waals surface area contributed by atoms with Crippen molar-refractivity contribution in [2.24, 2.45) is 0 Å². The van der Waals surface area contributed by atoms with E-state index in [0.717, 1.165) is 21.7 Å². The third-order valence-electron chi connectivity index (χ3n) is 5.45. The first-order chi connectivity index (χ1) is 15.9. The topological polar surface area (TPSA) is 90.0 Å². The molecule has 172 valence electrons. The van der Waals surface area contributed by atoms with Crippen molar-refractivity contribution in [3.05, 3.63) is 46.8 Å². The molecule has 9 heteroatoms. The monoisotopic (exact) mass is 467 g/mol. The van der Waals surface area contributed by atoms with Crippen LogP contribution in [0.2, 0.25) is 0 Å². The van der Waals surface area contributed by atoms with Gasteiger partial charge in [0, 0.05) is 23.9 Å². The predicted molar refractivity (Wildman–Crippen MR) is 128 cm³/mol. The maximum Gasteiger partial charge on any atom is 0.264 e. The number of hydrogen-bond acceptors (Lipinski definition) is 7. The van der Waals surface area contributed by atoms with Crippen LogP contribution < -0.4 is 24.4 Å². The first-order valence-corrected chi connectivity index (χ1v) is 11.2. The summed E-state index contributed by atoms with van der Waals surface area (Å²) in [5.41, 5.74) is 3.31. The molecule has 1 aliphatic heterocycles. The number of nitrogens with one attached hydrogen (secondary N) is 1. The van der Waals surface area contributed by atoms with Crippen LogP contribution in [0.15, 0.2) is 36.4 Å². The van der Waals surface area contributed by atoms with E-state index in [1.54, 1.807) is 26.2 Å². The van der Waals surface area contributed by atoms with Gasteiger partial charge in [-0.05, 0) is 49.2 Å². The quantitative estimate of drug-likeness (QED) is 0.564. The number of methoxy groups -OCH3 is 2. The van der Waals surface area contributed by atoms with Crippen molar-refractivity contribution in [3.63, 3.8) is 0 Å². The molecule has 2 amide bonds. The minimum absolute atomic E-state index is 0.0397. The summed E-state index contributed by atoms with van der Waals surface area (Å²) >= 11 is 1.42. The van der Waals surface area contributed by atoms with E-state index >= 15 is 0 Å². The fourth-order valence-corrected chi connectivity index (χ4v) is 4.46. The molecule has 3 aromatic rings. The van der Waals surface area contributed by atoms with E-state index < -0.39 is 0 Å². The number of aromatic nitrogens is 1. The Balaban J connectivity index is 1.44. The van der Waals surface area contributed by atoms with E-state index in [9.17, 15) is 9.59 Å². The van der Waals surface area contributed by atoms with Gasteiger partial charge in [0.05, 0.1) is 25.6 Å². The third kappa shape index (κ3) is 4.78. The van der Waals surface area contributed by atoms with Crippen LogP contribution in [-0.4, -0.2) is 44.7 Å². The van der Waals surface area contributed by atoms with E-state index in [-0.39, 0.29) is 18.4 Å². The molecule has 0 spiro atoms. The lowest BCUT2D eigenvalue weighted by Gasteiger charge is -2.26. The SMILES string of the molecule is COc1ccc(CCC(=O)Nc2nc(-c3ccc4c(c3)N(C)C(=O)CO4)c(C)s2)cc1OC. The Hall–Kier alpha value is -3.59. The number of benzene rings is 2. The fraction of sp³-hybridized carbons (Fsp3) is 0.292. The Morgan fingerprint density at radius 1 is 1.18 bits per heavy atom. The molecule has 8 nitrogen and oxygen atoms in total. The van der Waals surface area contributed by atoms with E-state index in [4.69, 9.17) is 14.2 Å². The zero-order chi connectivity index (χ0) is 23.5. The van der Waals surface area contributed by atoms with E-state index in [2.05, 4.69) is 10.3 Å². The van der Waals surface area contributed by atoms with Crippen LogP contribution >= 0.6 is 11.3 Å². The zero-order valence-corrected chi connectivity index (χ0v) is 19.7. The second kappa shape index (κ2) is 9.50. The molecule has 0 fully saturated rings. The van der Waals surface area contributed by atoms with Crippen molar-refractivity contribution in [2.75, 3.05) is 38.1 Å². The zero-order valence-electron chi connectivity index (χ0n) is 18.9. The van der Waals surface area contributed by atoms with Gasteiger partial charge in [-0.15, -0.1) is 11.3 Å². The van der Waals surface area contributed by atoms with Crippen molar-refractivity contribution in [1.82, 2.24) is 4.98 Å². The number of fused-ring (bicyclic) bond motifs is 1. The number of hydrogen-bond donors (Lipinski definition) is 1. The number of rotatable bonds is 7. The average molecular weight is 468 g/mol. The van der Waals surface area contributed by atoms with Crippen LogP contribution in [0, 0.1) is 6.92 Å². The molecule has 33 heavy (non-hydrogen) atoms. The third-order valence-corrected chi connectivity index (χ3v) is 6.34. The van der Waals surface area contributed by atoms with E-state index in [1.807, 2.05) is 43.3 Å². The van der Waals surface area contributed by atoms with Gasteiger partial charge in [-0.25, -0.2) is 4.98 Å². The van der Waals surface area contributed by atoms with Crippen molar-refractivity contribution in [1.29, 1.82) is 0 Å². The lowest BCUT2D eigenvalue weighted by molar-refractivity contribution is -0.121. The van der Waals surface area contributed by atoms with Crippen molar-refractivity contribution < 1.29 is 23.8 Å². The fourth-order valence-electron chi connectivity index (χ4n) is 3.61. The Morgan fingerprint density at radius 3 is 2.73 bits per heavy atom. The van der Waals surface area contributed by atoms with Crippen molar-refractivity contribution in [2.45, 2.75) is 19.8 Å². The van der Waals surface area contributed by atoms with Crippen molar-refractivity contribution in [3.8, 4) is 28.5 Å². The molecule has 0 unspecified atom stereocenters. The van der Waals surface area contributed by atoms with E-state index in [1.165, 1.54) is 11.3 Å². The van der Waals surface area contributed by atoms with Crippen LogP contribution in [0.25, 0.3) is 11.3 Å². The number of likely N-dealkylation sites (N-methyl/N-ethyl adjacent to an activating group) is 1. The molecular formula is C24H25N3O5S. The van der Waals surface area contributed by atoms with Gasteiger partial charge in [0.25, 0.3) is 5.91 Å². The highest BCUT2D eigenvalue weighted by Crippen LogP contribution is 2.38. The Labute approximate surface area is 196 Å². The van der Waals surface area contributed by atoms with Gasteiger partial charge >= 0.3 is 0 Å². The second-order valence-corrected chi connectivity index (χ2v) is 8.79. The van der Waals surface area contributed by atoms with Crippen LogP contribution in [0.4, 0.5) is 10.8 Å². The number of ether oxygens (including phenoxy) is 3. The summed E-state index contributed by atoms with van der Waals surface area (Å²) in [6.07, 6.45) is 0.876. The van der Waals surface area contributed by atoms with Crippen LogP contribution in [0.1, 0.15) is 16.9 Å². The van der Waals surface area contributed by atoms with Crippen LogP contribution in [0.5, 0.6) is 17.2 Å². The smallest absolute Gasteiger partial charge is 0.264 e. The second-order valence-electron chi connectivity index (χ2n) is 7.59. The van der Waals surface area contributed by atoms with Gasteiger partial charge in [0.2, 0.25) is 5.91 Å². The Kier molecular flexibility index (Phi) is 6.50. The molecule has 0 saturated carbocycles. The molecule has 0 radical (unpaired) electrons. The van der Waals surface area contributed by atoms with Gasteiger partial charge in [0.1, 0.15) is 5.75 Å². The highest BCUT2D eigenvalue weighted by molar-refractivity contribution is 7.16. The number of thiazole rings is 1. The molecule has 0 aliphatic carbocycles. The van der Waals surface area contributed by atoms with Crippen LogP contribution in [-0.2, 0) is 16.0 Å². The van der Waals surface area contributed by atoms with Gasteiger partial charge in [0.15, 0.2) is 23.2 Å². The lowest BCUT2D eigenvalue weighted by atomic mass is 10.1. The molecule has 2 heterocycles. The molecule has 2 aromatic carbocycles. The highest BCUT2D eigenvalue weighted by atomic mass is 32.1. The molecule has 0 atom stereocenters. The first kappa shape index (κ1) is 22.6. The maximum atomic E-state index is 12.5. The molecule has 4 rings (SSSR count). The predicted octanol–water partition coefficient (Wildman–Crippen LogP) is 4.06. The summed E-state index contributed by atoms with van der Waals surface area (Å²) in [4.78, 5) is 31.7. The standard InChI is InChI=1S/C24H25N3O5S/c1-14-23(16-7-9-18-17(12-16)27(2)22(29)13-32-18)26-24(33-14)25-21(28)10-6-15-5-8-19(30-3)20(11-15)31-4/h5,7-9,11-12H,6,10,13H2,1-4H3,(H,25,26,28). The number of anilines is 2. The molecule has 1 aromatic heterocycles. The number of carbonyl (C=O) groups is 2. The summed E-state index contributed by atoms with van der Waals surface area (Å²) in [6, 6.07) is 11.3. The van der Waals surface area contributed by atoms with Gasteiger partial charge in [-0.2, -0.15) is 0 Å². The summed E-state index contributed by atoms with van der Waals surface area (Å²) in [5, 5.41) is 3.44. The largest absolute Gasteiger partial charge is 0.493 e. The van der Waals surface area contributed by atoms with Crippen molar-refractivity contribution >= 4 is 34.0 Å². The average Bonchev–Trinajstić information content (AvgIpc) is 3.19. The number of carbonyl (C=O) groups excluding carboxylic acids is 2. The minimum Gasteiger partial charge on any atom is -0.493 e.